The van der Waals surface area contributed by atoms with E-state index in [1.54, 1.807) is 15.9 Å². The predicted molar refractivity (Wildman–Crippen MR) is 113 cm³/mol. The molecular formula is C20H24F2N4OS2. The summed E-state index contributed by atoms with van der Waals surface area (Å²) in [7, 11) is 0. The van der Waals surface area contributed by atoms with Gasteiger partial charge < -0.3 is 0 Å². The lowest BCUT2D eigenvalue weighted by molar-refractivity contribution is 0.0678. The van der Waals surface area contributed by atoms with Crippen molar-refractivity contribution in [1.29, 1.82) is 0 Å². The highest BCUT2D eigenvalue weighted by Gasteiger charge is 2.23. The summed E-state index contributed by atoms with van der Waals surface area (Å²) >= 11 is 2.92. The maximum absolute atomic E-state index is 13.4. The van der Waals surface area contributed by atoms with Crippen LogP contribution in [0.2, 0.25) is 0 Å². The fraction of sp³-hybridized carbons (Fsp3) is 0.550. The van der Waals surface area contributed by atoms with Crippen LogP contribution in [0.1, 0.15) is 55.9 Å². The second-order valence-corrected chi connectivity index (χ2v) is 9.77. The highest BCUT2D eigenvalue weighted by Crippen LogP contribution is 2.35. The summed E-state index contributed by atoms with van der Waals surface area (Å²) in [5, 5.41) is 1.36. The van der Waals surface area contributed by atoms with Gasteiger partial charge in [0.05, 0.1) is 11.1 Å². The van der Waals surface area contributed by atoms with Crippen LogP contribution >= 0.6 is 23.1 Å². The molecule has 0 aliphatic heterocycles. The molecule has 0 saturated heterocycles. The van der Waals surface area contributed by atoms with Crippen LogP contribution in [0.3, 0.4) is 0 Å². The molecule has 3 aromatic heterocycles. The molecule has 156 valence electrons. The van der Waals surface area contributed by atoms with E-state index < -0.39 is 6.55 Å². The number of hydrogen-bond donors (Lipinski definition) is 0. The molecule has 0 unspecified atom stereocenters. The van der Waals surface area contributed by atoms with Gasteiger partial charge in [-0.05, 0) is 43.6 Å². The molecule has 0 atom stereocenters. The molecule has 4 rings (SSSR count). The van der Waals surface area contributed by atoms with Gasteiger partial charge >= 0.3 is 6.55 Å². The third-order valence-corrected chi connectivity index (χ3v) is 7.42. The Morgan fingerprint density at radius 1 is 1.28 bits per heavy atom. The number of hydrogen-bond acceptors (Lipinski definition) is 5. The first-order valence-corrected chi connectivity index (χ1v) is 11.7. The number of imidazole rings is 1. The molecule has 0 saturated carbocycles. The second-order valence-electron chi connectivity index (χ2n) is 7.74. The van der Waals surface area contributed by atoms with Gasteiger partial charge in [0.25, 0.3) is 5.56 Å². The van der Waals surface area contributed by atoms with Crippen LogP contribution in [0.25, 0.3) is 10.2 Å². The van der Waals surface area contributed by atoms with Gasteiger partial charge in [-0.2, -0.15) is 8.78 Å². The zero-order chi connectivity index (χ0) is 20.5. The molecule has 1 aliphatic rings. The maximum atomic E-state index is 13.4. The van der Waals surface area contributed by atoms with Crippen molar-refractivity contribution < 1.29 is 8.78 Å². The maximum Gasteiger partial charge on any atom is 0.319 e. The van der Waals surface area contributed by atoms with Crippen LogP contribution in [-0.2, 0) is 25.1 Å². The average molecular weight is 439 g/mol. The lowest BCUT2D eigenvalue weighted by atomic mass is 9.97. The lowest BCUT2D eigenvalue weighted by Gasteiger charge is -2.14. The Kier molecular flexibility index (Phi) is 6.06. The first kappa shape index (κ1) is 20.5. The average Bonchev–Trinajstić information content (AvgIpc) is 3.29. The molecular weight excluding hydrogens is 414 g/mol. The molecule has 1 aliphatic carbocycles. The number of fused-ring (bicyclic) bond motifs is 3. The minimum absolute atomic E-state index is 0.00903. The van der Waals surface area contributed by atoms with Crippen LogP contribution in [0.15, 0.2) is 22.3 Å². The SMILES string of the molecule is CC(C)CCn1c(SCc2nccn2C(F)F)nc2sc3c(c2c1=O)CCCC3. The Morgan fingerprint density at radius 3 is 2.83 bits per heavy atom. The van der Waals surface area contributed by atoms with Crippen molar-refractivity contribution in [2.24, 2.45) is 5.92 Å². The number of rotatable bonds is 7. The number of nitrogens with zero attached hydrogens (tertiary/aromatic N) is 4. The molecule has 0 N–H and O–H groups in total. The summed E-state index contributed by atoms with van der Waals surface area (Å²) in [5.74, 6) is 0.965. The van der Waals surface area contributed by atoms with Crippen molar-refractivity contribution in [1.82, 2.24) is 19.1 Å². The molecule has 0 amide bonds. The fourth-order valence-corrected chi connectivity index (χ4v) is 5.95. The molecule has 29 heavy (non-hydrogen) atoms. The summed E-state index contributed by atoms with van der Waals surface area (Å²) in [6.07, 6.45) is 7.72. The van der Waals surface area contributed by atoms with Crippen LogP contribution in [0.4, 0.5) is 8.78 Å². The molecule has 0 bridgehead atoms. The van der Waals surface area contributed by atoms with Crippen molar-refractivity contribution in [3.05, 3.63) is 39.0 Å². The quantitative estimate of drug-likeness (QED) is 0.373. The van der Waals surface area contributed by atoms with Gasteiger partial charge in [0.1, 0.15) is 10.7 Å². The van der Waals surface area contributed by atoms with Gasteiger partial charge in [-0.15, -0.1) is 11.3 Å². The summed E-state index contributed by atoms with van der Waals surface area (Å²) < 4.78 is 28.8. The van der Waals surface area contributed by atoms with Gasteiger partial charge in [0, 0.05) is 23.8 Å². The van der Waals surface area contributed by atoms with Crippen molar-refractivity contribution in [2.75, 3.05) is 0 Å². The standard InChI is InChI=1S/C20H24F2N4OS2/c1-12(2)7-9-26-18(27)16-13-5-3-4-6-14(13)29-17(16)24-20(26)28-11-15-23-8-10-25(15)19(21)22/h8,10,12,19H,3-7,9,11H2,1-2H3. The highest BCUT2D eigenvalue weighted by molar-refractivity contribution is 7.98. The molecule has 0 spiro atoms. The van der Waals surface area contributed by atoms with E-state index in [0.717, 1.165) is 46.9 Å². The van der Waals surface area contributed by atoms with E-state index in [-0.39, 0.29) is 17.1 Å². The number of thioether (sulfide) groups is 1. The number of thiophene rings is 1. The zero-order valence-electron chi connectivity index (χ0n) is 16.5. The topological polar surface area (TPSA) is 52.7 Å². The molecule has 0 fully saturated rings. The van der Waals surface area contributed by atoms with E-state index in [4.69, 9.17) is 4.98 Å². The molecule has 5 nitrogen and oxygen atoms in total. The van der Waals surface area contributed by atoms with E-state index in [1.165, 1.54) is 34.6 Å². The number of aromatic nitrogens is 4. The van der Waals surface area contributed by atoms with Crippen molar-refractivity contribution >= 4 is 33.3 Å². The number of alkyl halides is 2. The van der Waals surface area contributed by atoms with E-state index in [2.05, 4.69) is 18.8 Å². The molecule has 9 heteroatoms. The van der Waals surface area contributed by atoms with Crippen molar-refractivity contribution in [3.63, 3.8) is 0 Å². The van der Waals surface area contributed by atoms with Crippen LogP contribution in [0, 0.1) is 5.92 Å². The summed E-state index contributed by atoms with van der Waals surface area (Å²) in [6, 6.07) is 0. The van der Waals surface area contributed by atoms with Crippen LogP contribution in [-0.4, -0.2) is 19.1 Å². The van der Waals surface area contributed by atoms with E-state index in [1.807, 2.05) is 0 Å². The van der Waals surface area contributed by atoms with Crippen molar-refractivity contribution in [2.45, 2.75) is 70.0 Å². The Morgan fingerprint density at radius 2 is 2.07 bits per heavy atom. The minimum Gasteiger partial charge on any atom is -0.287 e. The van der Waals surface area contributed by atoms with Crippen LogP contribution < -0.4 is 5.56 Å². The molecule has 3 aromatic rings. The molecule has 0 radical (unpaired) electrons. The Hall–Kier alpha value is -1.74. The first-order chi connectivity index (χ1) is 14.0. The zero-order valence-corrected chi connectivity index (χ0v) is 18.2. The number of aryl methyl sites for hydroxylation is 2. The fourth-order valence-electron chi connectivity index (χ4n) is 3.68. The Balaban J connectivity index is 1.73. The van der Waals surface area contributed by atoms with Crippen molar-refractivity contribution in [3.8, 4) is 0 Å². The lowest BCUT2D eigenvalue weighted by Crippen LogP contribution is -2.24. The summed E-state index contributed by atoms with van der Waals surface area (Å²) in [5.41, 5.74) is 1.19. The summed E-state index contributed by atoms with van der Waals surface area (Å²) in [4.78, 5) is 24.3. The highest BCUT2D eigenvalue weighted by atomic mass is 32.2. The number of halogens is 2. The van der Waals surface area contributed by atoms with Gasteiger partial charge in [-0.3, -0.25) is 13.9 Å². The van der Waals surface area contributed by atoms with Gasteiger partial charge in [-0.25, -0.2) is 9.97 Å². The van der Waals surface area contributed by atoms with E-state index >= 15 is 0 Å². The largest absolute Gasteiger partial charge is 0.319 e. The Labute approximate surface area is 176 Å². The first-order valence-electron chi connectivity index (χ1n) is 9.93. The third kappa shape index (κ3) is 4.12. The smallest absolute Gasteiger partial charge is 0.287 e. The monoisotopic (exact) mass is 438 g/mol. The third-order valence-electron chi connectivity index (χ3n) is 5.26. The molecule has 0 aromatic carbocycles. The predicted octanol–water partition coefficient (Wildman–Crippen LogP) is 5.27. The van der Waals surface area contributed by atoms with E-state index in [9.17, 15) is 13.6 Å². The Bertz CT molecular complexity index is 1070. The van der Waals surface area contributed by atoms with Gasteiger partial charge in [0.2, 0.25) is 0 Å². The second kappa shape index (κ2) is 8.55. The van der Waals surface area contributed by atoms with Gasteiger partial charge in [0.15, 0.2) is 5.16 Å². The summed E-state index contributed by atoms with van der Waals surface area (Å²) in [6.45, 7) is 2.19. The normalized spacial score (nSPS) is 14.3. The van der Waals surface area contributed by atoms with Crippen LogP contribution in [0.5, 0.6) is 0 Å². The van der Waals surface area contributed by atoms with E-state index in [0.29, 0.717) is 17.6 Å². The minimum atomic E-state index is -2.63. The molecule has 3 heterocycles. The van der Waals surface area contributed by atoms with Gasteiger partial charge in [-0.1, -0.05) is 25.6 Å².